The number of benzene rings is 1. The third kappa shape index (κ3) is 4.94. The molecular formula is C12H17IN2O. The Morgan fingerprint density at radius 3 is 2.81 bits per heavy atom. The van der Waals surface area contributed by atoms with Crippen molar-refractivity contribution in [3.05, 3.63) is 33.4 Å². The van der Waals surface area contributed by atoms with Crippen LogP contribution in [0.5, 0.6) is 0 Å². The van der Waals surface area contributed by atoms with Gasteiger partial charge in [0, 0.05) is 22.2 Å². The van der Waals surface area contributed by atoms with E-state index in [0.29, 0.717) is 6.54 Å². The fraction of sp³-hybridized carbons (Fsp3) is 0.417. The van der Waals surface area contributed by atoms with E-state index in [1.165, 1.54) is 0 Å². The van der Waals surface area contributed by atoms with Crippen molar-refractivity contribution in [3.63, 3.8) is 0 Å². The molecule has 88 valence electrons. The van der Waals surface area contributed by atoms with Crippen molar-refractivity contribution in [2.45, 2.75) is 13.3 Å². The molecule has 0 radical (unpaired) electrons. The molecule has 0 atom stereocenters. The zero-order chi connectivity index (χ0) is 11.8. The Morgan fingerprint density at radius 2 is 2.12 bits per heavy atom. The molecule has 0 heterocycles. The molecule has 0 spiro atoms. The van der Waals surface area contributed by atoms with Gasteiger partial charge in [-0.25, -0.2) is 0 Å². The Labute approximate surface area is 110 Å². The highest BCUT2D eigenvalue weighted by molar-refractivity contribution is 14.1. The van der Waals surface area contributed by atoms with E-state index in [4.69, 9.17) is 0 Å². The quantitative estimate of drug-likeness (QED) is 0.618. The number of hydrogen-bond acceptors (Lipinski definition) is 2. The molecule has 3 nitrogen and oxygen atoms in total. The molecule has 16 heavy (non-hydrogen) atoms. The van der Waals surface area contributed by atoms with E-state index in [0.717, 1.165) is 28.6 Å². The van der Waals surface area contributed by atoms with E-state index >= 15 is 0 Å². The van der Waals surface area contributed by atoms with Crippen LogP contribution in [-0.4, -0.2) is 25.5 Å². The van der Waals surface area contributed by atoms with Crippen LogP contribution in [0.15, 0.2) is 24.3 Å². The monoisotopic (exact) mass is 332 g/mol. The van der Waals surface area contributed by atoms with Gasteiger partial charge in [0.05, 0.1) is 0 Å². The minimum atomic E-state index is -0.00295. The van der Waals surface area contributed by atoms with E-state index < -0.39 is 0 Å². The van der Waals surface area contributed by atoms with Crippen molar-refractivity contribution in [1.29, 1.82) is 0 Å². The Balaban J connectivity index is 2.30. The Bertz CT molecular complexity index is 342. The zero-order valence-electron chi connectivity index (χ0n) is 9.42. The number of halogens is 1. The lowest BCUT2D eigenvalue weighted by molar-refractivity contribution is 0.0954. The minimum absolute atomic E-state index is 0.00295. The van der Waals surface area contributed by atoms with E-state index in [1.807, 2.05) is 24.3 Å². The van der Waals surface area contributed by atoms with Crippen molar-refractivity contribution >= 4 is 28.5 Å². The maximum Gasteiger partial charge on any atom is 0.251 e. The van der Waals surface area contributed by atoms with Crippen molar-refractivity contribution in [1.82, 2.24) is 10.6 Å². The molecule has 0 aliphatic heterocycles. The summed E-state index contributed by atoms with van der Waals surface area (Å²) in [6, 6.07) is 7.58. The summed E-state index contributed by atoms with van der Waals surface area (Å²) in [5.41, 5.74) is 0.724. The smallest absolute Gasteiger partial charge is 0.251 e. The highest BCUT2D eigenvalue weighted by atomic mass is 127. The van der Waals surface area contributed by atoms with Crippen LogP contribution < -0.4 is 10.6 Å². The third-order valence-electron chi connectivity index (χ3n) is 2.10. The molecule has 0 unspecified atom stereocenters. The lowest BCUT2D eigenvalue weighted by Crippen LogP contribution is -2.32. The number of carbonyl (C=O) groups excluding carboxylic acids is 1. The predicted octanol–water partition coefficient (Wildman–Crippen LogP) is 2.02. The molecule has 0 aromatic heterocycles. The van der Waals surface area contributed by atoms with E-state index in [9.17, 15) is 4.79 Å². The summed E-state index contributed by atoms with van der Waals surface area (Å²) in [5, 5.41) is 6.12. The van der Waals surface area contributed by atoms with Gasteiger partial charge in [0.15, 0.2) is 0 Å². The summed E-state index contributed by atoms with van der Waals surface area (Å²) in [5.74, 6) is -0.00295. The molecule has 1 rings (SSSR count). The van der Waals surface area contributed by atoms with Gasteiger partial charge < -0.3 is 10.6 Å². The average molecular weight is 332 g/mol. The standard InChI is InChI=1S/C12H17IN2O/c1-2-6-14-7-8-15-12(16)10-4-3-5-11(13)9-10/h3-5,9,14H,2,6-8H2,1H3,(H,15,16). The van der Waals surface area contributed by atoms with Gasteiger partial charge in [-0.05, 0) is 53.8 Å². The van der Waals surface area contributed by atoms with E-state index in [1.54, 1.807) is 0 Å². The summed E-state index contributed by atoms with van der Waals surface area (Å²) in [6.45, 7) is 4.62. The second kappa shape index (κ2) is 7.62. The zero-order valence-corrected chi connectivity index (χ0v) is 11.6. The number of amides is 1. The maximum atomic E-state index is 11.7. The van der Waals surface area contributed by atoms with Gasteiger partial charge in [-0.2, -0.15) is 0 Å². The van der Waals surface area contributed by atoms with Gasteiger partial charge in [0.2, 0.25) is 0 Å². The fourth-order valence-corrected chi connectivity index (χ4v) is 1.84. The lowest BCUT2D eigenvalue weighted by atomic mass is 10.2. The Morgan fingerprint density at radius 1 is 1.31 bits per heavy atom. The van der Waals surface area contributed by atoms with Crippen molar-refractivity contribution < 1.29 is 4.79 Å². The first-order chi connectivity index (χ1) is 7.74. The minimum Gasteiger partial charge on any atom is -0.351 e. The lowest BCUT2D eigenvalue weighted by Gasteiger charge is -2.06. The molecule has 0 bridgehead atoms. The largest absolute Gasteiger partial charge is 0.351 e. The molecule has 0 fully saturated rings. The van der Waals surface area contributed by atoms with Crippen molar-refractivity contribution in [2.24, 2.45) is 0 Å². The second-order valence-electron chi connectivity index (χ2n) is 3.52. The van der Waals surface area contributed by atoms with Crippen LogP contribution in [0.1, 0.15) is 23.7 Å². The summed E-state index contributed by atoms with van der Waals surface area (Å²) in [4.78, 5) is 11.7. The highest BCUT2D eigenvalue weighted by Gasteiger charge is 2.03. The average Bonchev–Trinajstić information content (AvgIpc) is 2.28. The van der Waals surface area contributed by atoms with Crippen LogP contribution in [-0.2, 0) is 0 Å². The molecule has 2 N–H and O–H groups in total. The SMILES string of the molecule is CCCNCCNC(=O)c1cccc(I)c1. The van der Waals surface area contributed by atoms with E-state index in [2.05, 4.69) is 40.1 Å². The molecular weight excluding hydrogens is 315 g/mol. The highest BCUT2D eigenvalue weighted by Crippen LogP contribution is 2.07. The first-order valence-electron chi connectivity index (χ1n) is 5.48. The normalized spacial score (nSPS) is 10.1. The molecule has 1 aromatic rings. The van der Waals surface area contributed by atoms with Crippen LogP contribution in [0, 0.1) is 3.57 Å². The van der Waals surface area contributed by atoms with Gasteiger partial charge in [-0.15, -0.1) is 0 Å². The molecule has 4 heteroatoms. The summed E-state index contributed by atoms with van der Waals surface area (Å²) in [7, 11) is 0. The molecule has 0 aliphatic carbocycles. The topological polar surface area (TPSA) is 41.1 Å². The molecule has 0 saturated heterocycles. The van der Waals surface area contributed by atoms with Gasteiger partial charge in [0.25, 0.3) is 5.91 Å². The first-order valence-corrected chi connectivity index (χ1v) is 6.56. The van der Waals surface area contributed by atoms with Gasteiger partial charge in [-0.3, -0.25) is 4.79 Å². The number of hydrogen-bond donors (Lipinski definition) is 2. The summed E-state index contributed by atoms with van der Waals surface area (Å²) < 4.78 is 1.08. The third-order valence-corrected chi connectivity index (χ3v) is 2.77. The molecule has 0 saturated carbocycles. The summed E-state index contributed by atoms with van der Waals surface area (Å²) in [6.07, 6.45) is 1.12. The van der Waals surface area contributed by atoms with Crippen LogP contribution >= 0.6 is 22.6 Å². The second-order valence-corrected chi connectivity index (χ2v) is 4.76. The van der Waals surface area contributed by atoms with Gasteiger partial charge in [-0.1, -0.05) is 13.0 Å². The number of carbonyl (C=O) groups is 1. The van der Waals surface area contributed by atoms with E-state index in [-0.39, 0.29) is 5.91 Å². The van der Waals surface area contributed by atoms with Gasteiger partial charge >= 0.3 is 0 Å². The van der Waals surface area contributed by atoms with Crippen molar-refractivity contribution in [2.75, 3.05) is 19.6 Å². The number of rotatable bonds is 6. The van der Waals surface area contributed by atoms with Gasteiger partial charge in [0.1, 0.15) is 0 Å². The van der Waals surface area contributed by atoms with Crippen LogP contribution in [0.4, 0.5) is 0 Å². The van der Waals surface area contributed by atoms with Crippen LogP contribution in [0.2, 0.25) is 0 Å². The summed E-state index contributed by atoms with van der Waals surface area (Å²) >= 11 is 2.20. The predicted molar refractivity (Wildman–Crippen MR) is 74.7 cm³/mol. The fourth-order valence-electron chi connectivity index (χ4n) is 1.30. The molecule has 1 amide bonds. The molecule has 1 aromatic carbocycles. The first kappa shape index (κ1) is 13.4. The Hall–Kier alpha value is -0.620. The maximum absolute atomic E-state index is 11.7. The Kier molecular flexibility index (Phi) is 6.40. The number of nitrogens with one attached hydrogen (secondary N) is 2. The van der Waals surface area contributed by atoms with Crippen LogP contribution in [0.3, 0.4) is 0 Å². The van der Waals surface area contributed by atoms with Crippen molar-refractivity contribution in [3.8, 4) is 0 Å². The molecule has 0 aliphatic rings. The van der Waals surface area contributed by atoms with Crippen LogP contribution in [0.25, 0.3) is 0 Å².